The average molecular weight is 779 g/mol. The Labute approximate surface area is 353 Å². The third-order valence-corrected chi connectivity index (χ3v) is 12.2. The fourth-order valence-corrected chi connectivity index (χ4v) is 9.39. The number of hydrogen-bond donors (Lipinski definition) is 0. The second-order valence-corrected chi connectivity index (χ2v) is 15.7. The Hall–Kier alpha value is -8.14. The molecule has 12 rings (SSSR count). The lowest BCUT2D eigenvalue weighted by atomic mass is 9.93. The molecule has 0 unspecified atom stereocenters. The lowest BCUT2D eigenvalue weighted by Crippen LogP contribution is -2.10. The normalized spacial score (nSPS) is 11.6. The fourth-order valence-electron chi connectivity index (χ4n) is 9.39. The molecule has 0 radical (unpaired) electrons. The number of fused-ring (bicyclic) bond motifs is 7. The van der Waals surface area contributed by atoms with Gasteiger partial charge in [0.25, 0.3) is 0 Å². The van der Waals surface area contributed by atoms with E-state index in [4.69, 9.17) is 4.42 Å². The second kappa shape index (κ2) is 14.3. The van der Waals surface area contributed by atoms with Crippen LogP contribution in [0.25, 0.3) is 93.6 Å². The number of benzene rings is 10. The summed E-state index contributed by atoms with van der Waals surface area (Å²) in [6.45, 7) is 0. The van der Waals surface area contributed by atoms with E-state index in [1.807, 2.05) is 12.1 Å². The fraction of sp³-hybridized carbons (Fsp3) is 0. The van der Waals surface area contributed by atoms with Crippen LogP contribution in [0, 0.1) is 0 Å². The van der Waals surface area contributed by atoms with Crippen LogP contribution in [0.15, 0.2) is 235 Å². The summed E-state index contributed by atoms with van der Waals surface area (Å²) in [7, 11) is 0. The van der Waals surface area contributed by atoms with Crippen molar-refractivity contribution < 1.29 is 4.42 Å². The highest BCUT2D eigenvalue weighted by molar-refractivity contribution is 6.11. The van der Waals surface area contributed by atoms with Crippen LogP contribution in [0.2, 0.25) is 0 Å². The molecule has 0 amide bonds. The predicted molar refractivity (Wildman–Crippen MR) is 257 cm³/mol. The first-order valence-electron chi connectivity index (χ1n) is 20.8. The largest absolute Gasteiger partial charge is 0.455 e. The van der Waals surface area contributed by atoms with E-state index in [0.29, 0.717) is 0 Å². The van der Waals surface area contributed by atoms with Gasteiger partial charge >= 0.3 is 0 Å². The van der Waals surface area contributed by atoms with Crippen LogP contribution in [-0.4, -0.2) is 4.57 Å². The van der Waals surface area contributed by atoms with E-state index in [0.717, 1.165) is 61.4 Å². The van der Waals surface area contributed by atoms with Gasteiger partial charge in [-0.1, -0.05) is 170 Å². The number of hydrogen-bond acceptors (Lipinski definition) is 2. The molecular weight excluding hydrogens is 741 g/mol. The lowest BCUT2D eigenvalue weighted by molar-refractivity contribution is 0.670. The highest BCUT2D eigenvalue weighted by atomic mass is 16.3. The maximum Gasteiger partial charge on any atom is 0.143 e. The number of rotatable bonds is 7. The molecule has 12 aromatic rings. The molecule has 0 atom stereocenters. The molecular formula is C58H38N2O. The van der Waals surface area contributed by atoms with Gasteiger partial charge in [-0.25, -0.2) is 0 Å². The van der Waals surface area contributed by atoms with E-state index in [2.05, 4.69) is 228 Å². The highest BCUT2D eigenvalue weighted by Crippen LogP contribution is 2.43. The first kappa shape index (κ1) is 34.9. The van der Waals surface area contributed by atoms with Crippen molar-refractivity contribution in [2.45, 2.75) is 0 Å². The Morgan fingerprint density at radius 1 is 0.328 bits per heavy atom. The van der Waals surface area contributed by atoms with Crippen LogP contribution in [-0.2, 0) is 0 Å². The van der Waals surface area contributed by atoms with Crippen molar-refractivity contribution in [3.8, 4) is 39.1 Å². The summed E-state index contributed by atoms with van der Waals surface area (Å²) in [5.41, 5.74) is 15.5. The Bertz CT molecular complexity index is 3560. The van der Waals surface area contributed by atoms with Crippen molar-refractivity contribution in [3.05, 3.63) is 231 Å². The SMILES string of the molecule is c1cc(-c2cccc3c2oc2ccccc23)cc(N(c2ccc(-c3ccccc3-c3ccccc3-n3c4ccccc4c4ccccc43)cc2)c2ccc3ccccc3c2)c1. The van der Waals surface area contributed by atoms with E-state index in [9.17, 15) is 0 Å². The van der Waals surface area contributed by atoms with E-state index in [1.54, 1.807) is 0 Å². The molecule has 10 aromatic carbocycles. The van der Waals surface area contributed by atoms with Gasteiger partial charge in [0.05, 0.1) is 16.7 Å². The van der Waals surface area contributed by atoms with Gasteiger partial charge in [0.1, 0.15) is 11.2 Å². The van der Waals surface area contributed by atoms with Crippen molar-refractivity contribution in [1.29, 1.82) is 0 Å². The topological polar surface area (TPSA) is 21.3 Å². The van der Waals surface area contributed by atoms with Crippen LogP contribution < -0.4 is 4.90 Å². The molecule has 61 heavy (non-hydrogen) atoms. The minimum atomic E-state index is 0.899. The van der Waals surface area contributed by atoms with Gasteiger partial charge in [0.15, 0.2) is 0 Å². The van der Waals surface area contributed by atoms with Crippen molar-refractivity contribution in [1.82, 2.24) is 4.57 Å². The number of para-hydroxylation sites is 5. The zero-order chi connectivity index (χ0) is 40.3. The molecule has 2 heterocycles. The summed E-state index contributed by atoms with van der Waals surface area (Å²) in [4.78, 5) is 2.36. The molecule has 0 aliphatic rings. The zero-order valence-electron chi connectivity index (χ0n) is 33.2. The van der Waals surface area contributed by atoms with Crippen molar-refractivity contribution in [3.63, 3.8) is 0 Å². The van der Waals surface area contributed by atoms with Crippen molar-refractivity contribution >= 4 is 71.6 Å². The smallest absolute Gasteiger partial charge is 0.143 e. The number of anilines is 3. The average Bonchev–Trinajstić information content (AvgIpc) is 3.88. The van der Waals surface area contributed by atoms with Gasteiger partial charge in [-0.15, -0.1) is 0 Å². The van der Waals surface area contributed by atoms with Gasteiger partial charge in [-0.2, -0.15) is 0 Å². The lowest BCUT2D eigenvalue weighted by Gasteiger charge is -2.27. The van der Waals surface area contributed by atoms with E-state index in [1.165, 1.54) is 49.3 Å². The van der Waals surface area contributed by atoms with Gasteiger partial charge < -0.3 is 13.9 Å². The van der Waals surface area contributed by atoms with E-state index >= 15 is 0 Å². The summed E-state index contributed by atoms with van der Waals surface area (Å²) in [5.74, 6) is 0. The second-order valence-electron chi connectivity index (χ2n) is 15.7. The number of furan rings is 1. The van der Waals surface area contributed by atoms with Crippen LogP contribution >= 0.6 is 0 Å². The standard InChI is InChI=1S/C58H38N2O/c1-2-16-41-37-45(36-31-39(41)15-1)59(44-18-13-17-42(38-44)47-25-14-26-53-52-24-8-12-30-57(52)61-58(47)53)43-34-32-40(33-35-43)46-19-3-4-20-48(46)49-21-5-9-27-54(49)60-55-28-10-6-22-50(55)51-23-7-11-29-56(51)60/h1-38H. The molecule has 286 valence electrons. The quantitative estimate of drug-likeness (QED) is 0.161. The zero-order valence-corrected chi connectivity index (χ0v) is 33.2. The Morgan fingerprint density at radius 3 is 1.70 bits per heavy atom. The minimum Gasteiger partial charge on any atom is -0.455 e. The third kappa shape index (κ3) is 5.82. The molecule has 0 bridgehead atoms. The molecule has 0 spiro atoms. The van der Waals surface area contributed by atoms with Gasteiger partial charge in [0.2, 0.25) is 0 Å². The van der Waals surface area contributed by atoms with Crippen molar-refractivity contribution in [2.24, 2.45) is 0 Å². The summed E-state index contributed by atoms with van der Waals surface area (Å²) < 4.78 is 8.92. The first-order valence-corrected chi connectivity index (χ1v) is 20.8. The first-order chi connectivity index (χ1) is 30.3. The summed E-state index contributed by atoms with van der Waals surface area (Å²) in [5, 5.41) is 7.17. The van der Waals surface area contributed by atoms with Gasteiger partial charge in [-0.3, -0.25) is 0 Å². The molecule has 0 saturated carbocycles. The molecule has 0 N–H and O–H groups in total. The van der Waals surface area contributed by atoms with E-state index < -0.39 is 0 Å². The van der Waals surface area contributed by atoms with Gasteiger partial charge in [-0.05, 0) is 93.7 Å². The molecule has 0 saturated heterocycles. The minimum absolute atomic E-state index is 0.899. The van der Waals surface area contributed by atoms with E-state index in [-0.39, 0.29) is 0 Å². The maximum absolute atomic E-state index is 6.50. The maximum atomic E-state index is 6.50. The monoisotopic (exact) mass is 778 g/mol. The molecule has 3 heteroatoms. The Balaban J connectivity index is 0.981. The number of nitrogens with zero attached hydrogens (tertiary/aromatic N) is 2. The highest BCUT2D eigenvalue weighted by Gasteiger charge is 2.20. The molecule has 0 fully saturated rings. The molecule has 2 aromatic heterocycles. The van der Waals surface area contributed by atoms with Gasteiger partial charge in [0, 0.05) is 49.7 Å². The predicted octanol–water partition coefficient (Wildman–Crippen LogP) is 16.3. The summed E-state index contributed by atoms with van der Waals surface area (Å²) in [6.07, 6.45) is 0. The molecule has 0 aliphatic carbocycles. The number of aromatic nitrogens is 1. The van der Waals surface area contributed by atoms with Crippen LogP contribution in [0.1, 0.15) is 0 Å². The van der Waals surface area contributed by atoms with Crippen LogP contribution in [0.5, 0.6) is 0 Å². The third-order valence-electron chi connectivity index (χ3n) is 12.2. The van der Waals surface area contributed by atoms with Crippen LogP contribution in [0.4, 0.5) is 17.1 Å². The Kier molecular flexibility index (Phi) is 8.17. The van der Waals surface area contributed by atoms with Crippen LogP contribution in [0.3, 0.4) is 0 Å². The van der Waals surface area contributed by atoms with Crippen molar-refractivity contribution in [2.75, 3.05) is 4.90 Å². The Morgan fingerprint density at radius 2 is 0.902 bits per heavy atom. The molecule has 0 aliphatic heterocycles. The summed E-state index contributed by atoms with van der Waals surface area (Å²) >= 11 is 0. The summed E-state index contributed by atoms with van der Waals surface area (Å²) in [6, 6.07) is 82.9. The molecule has 3 nitrogen and oxygen atoms in total.